The van der Waals surface area contributed by atoms with Gasteiger partial charge in [-0.05, 0) is 52.9 Å². The summed E-state index contributed by atoms with van der Waals surface area (Å²) in [5.41, 5.74) is 1.08. The lowest BCUT2D eigenvalue weighted by atomic mass is 9.96. The van der Waals surface area contributed by atoms with E-state index in [1.165, 1.54) is 6.42 Å². The highest BCUT2D eigenvalue weighted by atomic mass is 79.9. The minimum atomic E-state index is 0.323. The number of aliphatic imine (C=N–C) groups is 1. The van der Waals surface area contributed by atoms with Crippen molar-refractivity contribution < 1.29 is 14.2 Å². The van der Waals surface area contributed by atoms with Gasteiger partial charge in [0.25, 0.3) is 0 Å². The zero-order valence-electron chi connectivity index (χ0n) is 14.3. The van der Waals surface area contributed by atoms with Crippen molar-refractivity contribution in [3.8, 4) is 11.5 Å². The van der Waals surface area contributed by atoms with Gasteiger partial charge in [-0.15, -0.1) is 0 Å². The minimum Gasteiger partial charge on any atom is -0.493 e. The third-order valence-corrected chi connectivity index (χ3v) is 5.19. The van der Waals surface area contributed by atoms with Crippen molar-refractivity contribution in [3.05, 3.63) is 22.2 Å². The van der Waals surface area contributed by atoms with Crippen molar-refractivity contribution in [2.75, 3.05) is 21.3 Å². The van der Waals surface area contributed by atoms with Crippen LogP contribution in [0.1, 0.15) is 24.8 Å². The van der Waals surface area contributed by atoms with Crippen molar-refractivity contribution in [3.63, 3.8) is 0 Å². The molecule has 24 heavy (non-hydrogen) atoms. The average Bonchev–Trinajstić information content (AvgIpc) is 3.20. The molecular formula is C17H24BrN3O3. The largest absolute Gasteiger partial charge is 0.493 e. The van der Waals surface area contributed by atoms with Crippen LogP contribution in [0.3, 0.4) is 0 Å². The number of methoxy groups -OCH3 is 2. The van der Waals surface area contributed by atoms with Crippen LogP contribution in [-0.2, 0) is 11.3 Å². The average molecular weight is 398 g/mol. The SMILES string of the molecule is CN=C(NCc1cc(Br)c(OC)c(OC)c1)NC1CC2CCC1O2. The summed E-state index contributed by atoms with van der Waals surface area (Å²) < 4.78 is 17.5. The van der Waals surface area contributed by atoms with Gasteiger partial charge in [-0.3, -0.25) is 4.99 Å². The number of benzene rings is 1. The summed E-state index contributed by atoms with van der Waals surface area (Å²) in [7, 11) is 5.05. The first-order chi connectivity index (χ1) is 11.6. The number of rotatable bonds is 5. The fourth-order valence-electron chi connectivity index (χ4n) is 3.42. The van der Waals surface area contributed by atoms with Crippen LogP contribution in [0, 0.1) is 0 Å². The number of nitrogens with zero attached hydrogens (tertiary/aromatic N) is 1. The first-order valence-electron chi connectivity index (χ1n) is 8.17. The Morgan fingerprint density at radius 3 is 2.75 bits per heavy atom. The molecule has 3 atom stereocenters. The number of guanidine groups is 1. The zero-order chi connectivity index (χ0) is 17.1. The van der Waals surface area contributed by atoms with Gasteiger partial charge in [0.15, 0.2) is 17.5 Å². The van der Waals surface area contributed by atoms with Crippen molar-refractivity contribution in [1.82, 2.24) is 10.6 Å². The topological polar surface area (TPSA) is 64.1 Å². The fraction of sp³-hybridized carbons (Fsp3) is 0.588. The van der Waals surface area contributed by atoms with Gasteiger partial charge in [-0.2, -0.15) is 0 Å². The van der Waals surface area contributed by atoms with E-state index in [9.17, 15) is 0 Å². The quantitative estimate of drug-likeness (QED) is 0.590. The molecule has 3 rings (SSSR count). The number of ether oxygens (including phenoxy) is 3. The van der Waals surface area contributed by atoms with Crippen LogP contribution < -0.4 is 20.1 Å². The molecule has 0 aliphatic carbocycles. The molecule has 132 valence electrons. The Labute approximate surface area is 151 Å². The first-order valence-corrected chi connectivity index (χ1v) is 8.97. The molecule has 2 saturated heterocycles. The van der Waals surface area contributed by atoms with Crippen LogP contribution in [0.5, 0.6) is 11.5 Å². The van der Waals surface area contributed by atoms with Crippen LogP contribution in [0.25, 0.3) is 0 Å². The Bertz CT molecular complexity index is 623. The standard InChI is InChI=1S/C17H24BrN3O3/c1-19-17(21-13-8-11-4-5-14(13)24-11)20-9-10-6-12(18)16(23-3)15(7-10)22-2/h6-7,11,13-14H,4-5,8-9H2,1-3H3,(H2,19,20,21). The molecule has 2 N–H and O–H groups in total. The van der Waals surface area contributed by atoms with E-state index >= 15 is 0 Å². The van der Waals surface area contributed by atoms with Crippen LogP contribution in [-0.4, -0.2) is 45.5 Å². The summed E-state index contributed by atoms with van der Waals surface area (Å²) in [6, 6.07) is 4.33. The maximum atomic E-state index is 5.88. The summed E-state index contributed by atoms with van der Waals surface area (Å²) in [5, 5.41) is 6.83. The summed E-state index contributed by atoms with van der Waals surface area (Å²) in [4.78, 5) is 4.32. The van der Waals surface area contributed by atoms with Gasteiger partial charge in [0.2, 0.25) is 0 Å². The maximum Gasteiger partial charge on any atom is 0.191 e. The van der Waals surface area contributed by atoms with Crippen LogP contribution in [0.15, 0.2) is 21.6 Å². The van der Waals surface area contributed by atoms with Crippen molar-refractivity contribution in [2.24, 2.45) is 4.99 Å². The Balaban J connectivity index is 1.60. The highest BCUT2D eigenvalue weighted by molar-refractivity contribution is 9.10. The molecule has 2 aliphatic heterocycles. The molecule has 7 heteroatoms. The van der Waals surface area contributed by atoms with Crippen LogP contribution >= 0.6 is 15.9 Å². The van der Waals surface area contributed by atoms with Gasteiger partial charge >= 0.3 is 0 Å². The van der Waals surface area contributed by atoms with Gasteiger partial charge < -0.3 is 24.8 Å². The Morgan fingerprint density at radius 1 is 1.33 bits per heavy atom. The molecule has 2 bridgehead atoms. The number of hydrogen-bond donors (Lipinski definition) is 2. The van der Waals surface area contributed by atoms with Crippen LogP contribution in [0.2, 0.25) is 0 Å². The Kier molecular flexibility index (Phi) is 5.50. The molecule has 1 aromatic rings. The molecule has 0 aromatic heterocycles. The summed E-state index contributed by atoms with van der Waals surface area (Å²) in [6.45, 7) is 0.639. The summed E-state index contributed by atoms with van der Waals surface area (Å²) in [6.07, 6.45) is 4.14. The third-order valence-electron chi connectivity index (χ3n) is 4.61. The molecule has 0 spiro atoms. The number of hydrogen-bond acceptors (Lipinski definition) is 4. The monoisotopic (exact) mass is 397 g/mol. The van der Waals surface area contributed by atoms with Crippen molar-refractivity contribution in [2.45, 2.75) is 44.1 Å². The number of fused-ring (bicyclic) bond motifs is 2. The molecule has 2 aliphatic rings. The van der Waals surface area contributed by atoms with Gasteiger partial charge in [0, 0.05) is 13.6 Å². The predicted molar refractivity (Wildman–Crippen MR) is 96.9 cm³/mol. The van der Waals surface area contributed by atoms with E-state index < -0.39 is 0 Å². The molecule has 0 radical (unpaired) electrons. The van der Waals surface area contributed by atoms with E-state index in [1.54, 1.807) is 21.3 Å². The second kappa shape index (κ2) is 7.61. The first kappa shape index (κ1) is 17.4. The Hall–Kier alpha value is -1.47. The lowest BCUT2D eigenvalue weighted by Crippen LogP contribution is -2.47. The lowest BCUT2D eigenvalue weighted by Gasteiger charge is -2.22. The Morgan fingerprint density at radius 2 is 2.17 bits per heavy atom. The van der Waals surface area contributed by atoms with Gasteiger partial charge in [0.1, 0.15) is 0 Å². The second-order valence-corrected chi connectivity index (χ2v) is 6.95. The van der Waals surface area contributed by atoms with E-state index in [4.69, 9.17) is 14.2 Å². The highest BCUT2D eigenvalue weighted by Crippen LogP contribution is 2.36. The molecule has 3 unspecified atom stereocenters. The van der Waals surface area contributed by atoms with Gasteiger partial charge in [-0.25, -0.2) is 0 Å². The molecule has 2 fully saturated rings. The summed E-state index contributed by atoms with van der Waals surface area (Å²) >= 11 is 3.52. The lowest BCUT2D eigenvalue weighted by molar-refractivity contribution is 0.0992. The van der Waals surface area contributed by atoms with Crippen molar-refractivity contribution >= 4 is 21.9 Å². The molecule has 0 amide bonds. The predicted octanol–water partition coefficient (Wildman–Crippen LogP) is 2.45. The zero-order valence-corrected chi connectivity index (χ0v) is 15.9. The van der Waals surface area contributed by atoms with Crippen LogP contribution in [0.4, 0.5) is 0 Å². The van der Waals surface area contributed by atoms with Crippen molar-refractivity contribution in [1.29, 1.82) is 0 Å². The molecule has 6 nitrogen and oxygen atoms in total. The summed E-state index contributed by atoms with van der Waals surface area (Å²) in [5.74, 6) is 2.19. The molecule has 2 heterocycles. The number of halogens is 1. The van der Waals surface area contributed by atoms with E-state index in [0.717, 1.165) is 28.8 Å². The highest BCUT2D eigenvalue weighted by Gasteiger charge is 2.41. The number of nitrogens with one attached hydrogen (secondary N) is 2. The van der Waals surface area contributed by atoms with Gasteiger partial charge in [-0.1, -0.05) is 0 Å². The third kappa shape index (κ3) is 3.62. The fourth-order valence-corrected chi connectivity index (χ4v) is 4.07. The minimum absolute atomic E-state index is 0.323. The molecule has 0 saturated carbocycles. The maximum absolute atomic E-state index is 5.88. The smallest absolute Gasteiger partial charge is 0.191 e. The molecular weight excluding hydrogens is 374 g/mol. The van der Waals surface area contributed by atoms with E-state index in [1.807, 2.05) is 12.1 Å². The van der Waals surface area contributed by atoms with E-state index in [0.29, 0.717) is 36.3 Å². The van der Waals surface area contributed by atoms with E-state index in [2.05, 4.69) is 31.6 Å². The van der Waals surface area contributed by atoms with Gasteiger partial charge in [0.05, 0.1) is 36.9 Å². The second-order valence-electron chi connectivity index (χ2n) is 6.10. The molecule has 1 aromatic carbocycles. The van der Waals surface area contributed by atoms with E-state index in [-0.39, 0.29) is 0 Å². The normalized spacial score (nSPS) is 25.7.